The molecular weight excluding hydrogens is 320 g/mol. The third kappa shape index (κ3) is 3.15. The molecule has 0 aliphatic heterocycles. The first-order chi connectivity index (χ1) is 7.10. The average Bonchev–Trinajstić information content (AvgIpc) is 2.27. The van der Waals surface area contributed by atoms with Crippen LogP contribution >= 0.6 is 31.9 Å². The van der Waals surface area contributed by atoms with Gasteiger partial charge in [-0.25, -0.2) is 0 Å². The number of hydrogen-bond acceptors (Lipinski definition) is 1. The van der Waals surface area contributed by atoms with E-state index in [1.54, 1.807) is 0 Å². The van der Waals surface area contributed by atoms with Crippen LogP contribution < -0.4 is 0 Å². The van der Waals surface area contributed by atoms with Gasteiger partial charge in [0, 0.05) is 10.9 Å². The smallest absolute Gasteiger partial charge is 0.176 e. The molecule has 15 heavy (non-hydrogen) atoms. The molecule has 0 amide bonds. The summed E-state index contributed by atoms with van der Waals surface area (Å²) in [6.45, 7) is 3.95. The van der Waals surface area contributed by atoms with Gasteiger partial charge >= 0.3 is 0 Å². The maximum atomic E-state index is 11.9. The van der Waals surface area contributed by atoms with Crippen LogP contribution in [0.25, 0.3) is 0 Å². The van der Waals surface area contributed by atoms with Gasteiger partial charge < -0.3 is 0 Å². The fraction of sp³-hybridized carbons (Fsp3) is 0.417. The molecule has 3 heteroatoms. The molecule has 0 N–H and O–H groups in total. The molecule has 0 aliphatic carbocycles. The summed E-state index contributed by atoms with van der Waals surface area (Å²) in [7, 11) is 0. The zero-order chi connectivity index (χ0) is 11.4. The Bertz CT molecular complexity index is 359. The van der Waals surface area contributed by atoms with Crippen molar-refractivity contribution in [1.82, 2.24) is 0 Å². The number of alkyl halides is 2. The van der Waals surface area contributed by atoms with E-state index >= 15 is 0 Å². The van der Waals surface area contributed by atoms with Crippen molar-refractivity contribution >= 4 is 37.6 Å². The topological polar surface area (TPSA) is 17.1 Å². The van der Waals surface area contributed by atoms with Gasteiger partial charge in [-0.3, -0.25) is 4.79 Å². The van der Waals surface area contributed by atoms with Crippen LogP contribution in [0.5, 0.6) is 0 Å². The molecule has 0 bridgehead atoms. The average molecular weight is 334 g/mol. The summed E-state index contributed by atoms with van der Waals surface area (Å²) < 4.78 is 0. The predicted octanol–water partition coefficient (Wildman–Crippen LogP) is 4.11. The third-order valence-electron chi connectivity index (χ3n) is 2.35. The molecule has 0 fully saturated rings. The molecule has 1 aromatic carbocycles. The normalized spacial score (nSPS) is 12.5. The lowest BCUT2D eigenvalue weighted by Gasteiger charge is -2.09. The largest absolute Gasteiger partial charge is 0.293 e. The van der Waals surface area contributed by atoms with Gasteiger partial charge in [0.1, 0.15) is 0 Å². The molecular formula is C12H14Br2O. The minimum Gasteiger partial charge on any atom is -0.293 e. The standard InChI is InChI=1S/C12H14Br2O/c1-3-9-4-5-10(7-13)11(6-9)12(15)8(2)14/h4-6,8H,3,7H2,1-2H3. The van der Waals surface area contributed by atoms with Crippen LogP contribution in [0, 0.1) is 0 Å². The minimum atomic E-state index is -0.123. The third-order valence-corrected chi connectivity index (χ3v) is 3.37. The number of benzene rings is 1. The highest BCUT2D eigenvalue weighted by molar-refractivity contribution is 9.10. The molecule has 82 valence electrons. The van der Waals surface area contributed by atoms with Crippen molar-refractivity contribution in [2.24, 2.45) is 0 Å². The first-order valence-corrected chi connectivity index (χ1v) is 7.00. The molecule has 0 saturated carbocycles. The van der Waals surface area contributed by atoms with Crippen molar-refractivity contribution in [3.8, 4) is 0 Å². The maximum Gasteiger partial charge on any atom is 0.176 e. The van der Waals surface area contributed by atoms with Crippen molar-refractivity contribution in [3.05, 3.63) is 34.9 Å². The molecule has 1 aromatic rings. The summed E-state index contributed by atoms with van der Waals surface area (Å²) in [6.07, 6.45) is 0.958. The maximum absolute atomic E-state index is 11.9. The van der Waals surface area contributed by atoms with Gasteiger partial charge in [0.25, 0.3) is 0 Å². The van der Waals surface area contributed by atoms with Gasteiger partial charge in [-0.05, 0) is 30.5 Å². The van der Waals surface area contributed by atoms with Gasteiger partial charge in [0.05, 0.1) is 4.83 Å². The van der Waals surface area contributed by atoms with E-state index in [9.17, 15) is 4.79 Å². The van der Waals surface area contributed by atoms with Crippen LogP contribution in [-0.2, 0) is 11.8 Å². The van der Waals surface area contributed by atoms with E-state index in [2.05, 4.69) is 44.8 Å². The predicted molar refractivity (Wildman–Crippen MR) is 71.2 cm³/mol. The van der Waals surface area contributed by atoms with Crippen LogP contribution in [0.3, 0.4) is 0 Å². The Balaban J connectivity index is 3.17. The molecule has 0 saturated heterocycles. The van der Waals surface area contributed by atoms with Crippen molar-refractivity contribution in [1.29, 1.82) is 0 Å². The number of halogens is 2. The highest BCUT2D eigenvalue weighted by atomic mass is 79.9. The number of Topliss-reactive ketones (excluding diaryl/α,β-unsaturated/α-hetero) is 1. The van der Waals surface area contributed by atoms with E-state index in [0.29, 0.717) is 0 Å². The summed E-state index contributed by atoms with van der Waals surface area (Å²) >= 11 is 6.73. The Hall–Kier alpha value is -0.150. The van der Waals surface area contributed by atoms with E-state index in [0.717, 1.165) is 22.9 Å². The Morgan fingerprint density at radius 2 is 2.13 bits per heavy atom. The van der Waals surface area contributed by atoms with Crippen molar-refractivity contribution in [2.45, 2.75) is 30.4 Å². The highest BCUT2D eigenvalue weighted by Crippen LogP contribution is 2.19. The van der Waals surface area contributed by atoms with E-state index in [1.807, 2.05) is 19.1 Å². The molecule has 1 unspecified atom stereocenters. The Labute approximate surface area is 108 Å². The molecule has 1 atom stereocenters. The second kappa shape index (κ2) is 5.80. The van der Waals surface area contributed by atoms with Crippen LogP contribution in [0.1, 0.15) is 35.3 Å². The van der Waals surface area contributed by atoms with E-state index in [4.69, 9.17) is 0 Å². The van der Waals surface area contributed by atoms with Crippen molar-refractivity contribution in [3.63, 3.8) is 0 Å². The number of carbonyl (C=O) groups excluding carboxylic acids is 1. The van der Waals surface area contributed by atoms with Gasteiger partial charge in [0.15, 0.2) is 5.78 Å². The lowest BCUT2D eigenvalue weighted by Crippen LogP contribution is -2.12. The monoisotopic (exact) mass is 332 g/mol. The van der Waals surface area contributed by atoms with E-state index < -0.39 is 0 Å². The van der Waals surface area contributed by atoms with Crippen LogP contribution in [-0.4, -0.2) is 10.6 Å². The quantitative estimate of drug-likeness (QED) is 0.598. The zero-order valence-corrected chi connectivity index (χ0v) is 12.1. The molecule has 1 nitrogen and oxygen atoms in total. The lowest BCUT2D eigenvalue weighted by atomic mass is 9.99. The zero-order valence-electron chi connectivity index (χ0n) is 8.89. The fourth-order valence-electron chi connectivity index (χ4n) is 1.40. The Kier molecular flexibility index (Phi) is 5.00. The van der Waals surface area contributed by atoms with Crippen molar-refractivity contribution in [2.75, 3.05) is 0 Å². The highest BCUT2D eigenvalue weighted by Gasteiger charge is 2.15. The van der Waals surface area contributed by atoms with Gasteiger partial charge in [-0.1, -0.05) is 50.9 Å². The second-order valence-corrected chi connectivity index (χ2v) is 5.39. The van der Waals surface area contributed by atoms with Crippen LogP contribution in [0.4, 0.5) is 0 Å². The minimum absolute atomic E-state index is 0.123. The SMILES string of the molecule is CCc1ccc(CBr)c(C(=O)C(C)Br)c1. The summed E-state index contributed by atoms with van der Waals surface area (Å²) in [5, 5.41) is 0.720. The number of rotatable bonds is 4. The van der Waals surface area contributed by atoms with Gasteiger partial charge in [-0.2, -0.15) is 0 Å². The van der Waals surface area contributed by atoms with Crippen molar-refractivity contribution < 1.29 is 4.79 Å². The molecule has 0 aromatic heterocycles. The fourth-order valence-corrected chi connectivity index (χ4v) is 2.14. The summed E-state index contributed by atoms with van der Waals surface area (Å²) in [4.78, 5) is 11.8. The van der Waals surface area contributed by atoms with E-state index in [-0.39, 0.29) is 10.6 Å². The molecule has 0 spiro atoms. The second-order valence-electron chi connectivity index (χ2n) is 3.46. The number of hydrogen-bond donors (Lipinski definition) is 0. The Morgan fingerprint density at radius 1 is 1.47 bits per heavy atom. The molecule has 1 rings (SSSR count). The van der Waals surface area contributed by atoms with Crippen LogP contribution in [0.15, 0.2) is 18.2 Å². The van der Waals surface area contributed by atoms with Gasteiger partial charge in [-0.15, -0.1) is 0 Å². The number of ketones is 1. The number of carbonyl (C=O) groups is 1. The lowest BCUT2D eigenvalue weighted by molar-refractivity contribution is 0.0995. The van der Waals surface area contributed by atoms with E-state index in [1.165, 1.54) is 5.56 Å². The summed E-state index contributed by atoms with van der Waals surface area (Å²) in [5.41, 5.74) is 3.09. The summed E-state index contributed by atoms with van der Waals surface area (Å²) in [6, 6.07) is 6.10. The van der Waals surface area contributed by atoms with Gasteiger partial charge in [0.2, 0.25) is 0 Å². The molecule has 0 aliphatic rings. The Morgan fingerprint density at radius 3 is 2.60 bits per heavy atom. The molecule has 0 radical (unpaired) electrons. The van der Waals surface area contributed by atoms with Crippen LogP contribution in [0.2, 0.25) is 0 Å². The first-order valence-electron chi connectivity index (χ1n) is 4.96. The first kappa shape index (κ1) is 12.9. The molecule has 0 heterocycles. The summed E-state index contributed by atoms with van der Waals surface area (Å²) in [5.74, 6) is 0.153. The number of aryl methyl sites for hydroxylation is 1.